The summed E-state index contributed by atoms with van der Waals surface area (Å²) in [6.45, 7) is 3.51. The highest BCUT2D eigenvalue weighted by atomic mass is 16.6. The van der Waals surface area contributed by atoms with E-state index in [2.05, 4.69) is 4.98 Å². The van der Waals surface area contributed by atoms with Crippen molar-refractivity contribution in [2.24, 2.45) is 0 Å². The van der Waals surface area contributed by atoms with Crippen LogP contribution in [0.1, 0.15) is 10.4 Å². The largest absolute Gasteiger partial charge is 0.489 e. The van der Waals surface area contributed by atoms with Gasteiger partial charge in [0.2, 0.25) is 0 Å². The van der Waals surface area contributed by atoms with E-state index in [-0.39, 0.29) is 12.5 Å². The fourth-order valence-corrected chi connectivity index (χ4v) is 4.02. The van der Waals surface area contributed by atoms with E-state index in [1.807, 2.05) is 35.2 Å². The summed E-state index contributed by atoms with van der Waals surface area (Å²) in [6.07, 6.45) is 0. The molecule has 10 nitrogen and oxygen atoms in total. The molecule has 1 aliphatic heterocycles. The molecule has 1 aliphatic rings. The number of anilines is 1. The van der Waals surface area contributed by atoms with Gasteiger partial charge in [0.05, 0.1) is 65.1 Å². The first kappa shape index (κ1) is 26.5. The Morgan fingerprint density at radius 1 is 0.865 bits per heavy atom. The van der Waals surface area contributed by atoms with Gasteiger partial charge < -0.3 is 38.3 Å². The third kappa shape index (κ3) is 7.00. The van der Waals surface area contributed by atoms with E-state index in [4.69, 9.17) is 28.4 Å². The van der Waals surface area contributed by atoms with E-state index in [1.54, 1.807) is 12.1 Å². The van der Waals surface area contributed by atoms with E-state index >= 15 is 0 Å². The van der Waals surface area contributed by atoms with Gasteiger partial charge in [-0.05, 0) is 30.3 Å². The van der Waals surface area contributed by atoms with Gasteiger partial charge in [0, 0.05) is 28.7 Å². The van der Waals surface area contributed by atoms with Gasteiger partial charge in [0.15, 0.2) is 0 Å². The molecule has 37 heavy (non-hydrogen) atoms. The number of methoxy groups -OCH3 is 2. The summed E-state index contributed by atoms with van der Waals surface area (Å²) in [5.41, 5.74) is 3.77. The number of carbonyl (C=O) groups is 2. The lowest BCUT2D eigenvalue weighted by Crippen LogP contribution is -2.34. The van der Waals surface area contributed by atoms with Gasteiger partial charge in [-0.15, -0.1) is 0 Å². The molecule has 0 radical (unpaired) electrons. The molecule has 0 unspecified atom stereocenters. The van der Waals surface area contributed by atoms with Gasteiger partial charge in [0.1, 0.15) is 18.9 Å². The lowest BCUT2D eigenvalue weighted by atomic mass is 10.1. The Balaban J connectivity index is 1.66. The topological polar surface area (TPSA) is 109 Å². The van der Waals surface area contributed by atoms with Crippen molar-refractivity contribution in [3.63, 3.8) is 0 Å². The van der Waals surface area contributed by atoms with E-state index in [0.717, 1.165) is 27.8 Å². The van der Waals surface area contributed by atoms with Crippen LogP contribution < -0.4 is 9.64 Å². The molecule has 0 atom stereocenters. The monoisotopic (exact) mass is 512 g/mol. The molecule has 198 valence electrons. The molecule has 2 aromatic carbocycles. The molecular formula is C27H32N2O8. The molecule has 0 saturated heterocycles. The number of nitrogens with one attached hydrogen (secondary N) is 1. The van der Waals surface area contributed by atoms with E-state index in [0.29, 0.717) is 64.1 Å². The number of aromatic amines is 1. The predicted octanol–water partition coefficient (Wildman–Crippen LogP) is 3.04. The summed E-state index contributed by atoms with van der Waals surface area (Å²) < 4.78 is 32.7. The highest BCUT2D eigenvalue weighted by Crippen LogP contribution is 2.34. The van der Waals surface area contributed by atoms with E-state index in [9.17, 15) is 9.59 Å². The minimum atomic E-state index is -0.392. The number of rotatable bonds is 4. The number of benzene rings is 2. The van der Waals surface area contributed by atoms with Crippen molar-refractivity contribution in [2.75, 3.05) is 78.5 Å². The second-order valence-corrected chi connectivity index (χ2v) is 8.34. The fourth-order valence-electron chi connectivity index (χ4n) is 4.02. The van der Waals surface area contributed by atoms with Crippen molar-refractivity contribution in [1.82, 2.24) is 4.98 Å². The highest BCUT2D eigenvalue weighted by Gasteiger charge is 2.18. The molecule has 3 aromatic rings. The highest BCUT2D eigenvalue weighted by molar-refractivity contribution is 5.96. The maximum absolute atomic E-state index is 12.2. The number of carbonyl (C=O) groups excluding carboxylic acids is 2. The predicted molar refractivity (Wildman–Crippen MR) is 137 cm³/mol. The summed E-state index contributed by atoms with van der Waals surface area (Å²) in [7, 11) is 2.72. The van der Waals surface area contributed by atoms with Gasteiger partial charge in [-0.3, -0.25) is 4.79 Å². The lowest BCUT2D eigenvalue weighted by Gasteiger charge is -2.26. The number of nitrogens with zero attached hydrogens (tertiary/aromatic N) is 1. The molecule has 2 heterocycles. The Morgan fingerprint density at radius 2 is 1.59 bits per heavy atom. The van der Waals surface area contributed by atoms with Crippen molar-refractivity contribution < 1.29 is 38.0 Å². The Bertz CT molecular complexity index is 1210. The quantitative estimate of drug-likeness (QED) is 0.528. The number of hydrogen-bond acceptors (Lipinski definition) is 9. The van der Waals surface area contributed by atoms with Gasteiger partial charge in [0.25, 0.3) is 0 Å². The number of fused-ring (bicyclic) bond motifs is 2. The maximum atomic E-state index is 12.2. The van der Waals surface area contributed by atoms with Crippen molar-refractivity contribution in [1.29, 1.82) is 0 Å². The molecular weight excluding hydrogens is 480 g/mol. The average Bonchev–Trinajstić information content (AvgIpc) is 3.35. The zero-order valence-corrected chi connectivity index (χ0v) is 21.1. The molecule has 0 spiro atoms. The van der Waals surface area contributed by atoms with Gasteiger partial charge in [-0.2, -0.15) is 0 Å². The number of H-pyrrole nitrogens is 1. The van der Waals surface area contributed by atoms with Crippen LogP contribution in [0.2, 0.25) is 0 Å². The molecule has 0 aliphatic carbocycles. The van der Waals surface area contributed by atoms with Crippen LogP contribution in [0.15, 0.2) is 42.5 Å². The smallest absolute Gasteiger partial charge is 0.337 e. The van der Waals surface area contributed by atoms with Crippen molar-refractivity contribution >= 4 is 28.5 Å². The molecule has 1 aromatic heterocycles. The first-order valence-corrected chi connectivity index (χ1v) is 12.1. The summed E-state index contributed by atoms with van der Waals surface area (Å²) in [6, 6.07) is 13.2. The first-order valence-electron chi connectivity index (χ1n) is 12.1. The lowest BCUT2D eigenvalue weighted by molar-refractivity contribution is -0.139. The van der Waals surface area contributed by atoms with Gasteiger partial charge in [-0.1, -0.05) is 12.1 Å². The Morgan fingerprint density at radius 3 is 2.32 bits per heavy atom. The van der Waals surface area contributed by atoms with Crippen LogP contribution >= 0.6 is 0 Å². The van der Waals surface area contributed by atoms with Crippen LogP contribution in [0.25, 0.3) is 22.2 Å². The standard InChI is InChI=1S/C27H32N2O8/c1-32-26(30)18-29-7-8-34-9-10-35-11-12-36-13-14-37-25-17-20(5-6-24(25)29)22-15-19-3-4-21(27(31)33-2)16-23(19)28-22/h3-6,15-17,28H,7-14,18H2,1-2H3. The number of aromatic nitrogens is 1. The van der Waals surface area contributed by atoms with Gasteiger partial charge in [-0.25, -0.2) is 4.79 Å². The second-order valence-electron chi connectivity index (χ2n) is 8.34. The zero-order valence-electron chi connectivity index (χ0n) is 21.1. The normalized spacial score (nSPS) is 15.7. The molecule has 0 amide bonds. The van der Waals surface area contributed by atoms with Crippen LogP contribution in [0.5, 0.6) is 5.75 Å². The molecule has 0 fully saturated rings. The van der Waals surface area contributed by atoms with E-state index < -0.39 is 5.97 Å². The molecule has 1 N–H and O–H groups in total. The molecule has 0 saturated carbocycles. The number of esters is 2. The minimum Gasteiger partial charge on any atom is -0.489 e. The third-order valence-corrected chi connectivity index (χ3v) is 5.94. The molecule has 0 bridgehead atoms. The second kappa shape index (κ2) is 13.1. The average molecular weight is 513 g/mol. The van der Waals surface area contributed by atoms with Crippen LogP contribution in [-0.2, 0) is 28.5 Å². The van der Waals surface area contributed by atoms with Crippen molar-refractivity contribution in [2.45, 2.75) is 0 Å². The minimum absolute atomic E-state index is 0.0469. The number of hydrogen-bond donors (Lipinski definition) is 1. The first-order chi connectivity index (χ1) is 18.1. The summed E-state index contributed by atoms with van der Waals surface area (Å²) in [5.74, 6) is -0.154. The summed E-state index contributed by atoms with van der Waals surface area (Å²) in [4.78, 5) is 29.3. The Kier molecular flexibility index (Phi) is 9.36. The van der Waals surface area contributed by atoms with Crippen LogP contribution in [-0.4, -0.2) is 90.5 Å². The van der Waals surface area contributed by atoms with Crippen LogP contribution in [0, 0.1) is 0 Å². The van der Waals surface area contributed by atoms with Gasteiger partial charge >= 0.3 is 11.9 Å². The fraction of sp³-hybridized carbons (Fsp3) is 0.407. The summed E-state index contributed by atoms with van der Waals surface area (Å²) in [5, 5.41) is 0.958. The third-order valence-electron chi connectivity index (χ3n) is 5.94. The molecule has 10 heteroatoms. The Hall–Kier alpha value is -3.60. The van der Waals surface area contributed by atoms with Crippen LogP contribution in [0.3, 0.4) is 0 Å². The SMILES string of the molecule is COC(=O)CN1CCOCCOCCOCCOc2cc(-c3cc4ccc(C(=O)OC)cc4[nH]3)ccc21. The number of ether oxygens (including phenoxy) is 6. The van der Waals surface area contributed by atoms with Crippen LogP contribution in [0.4, 0.5) is 5.69 Å². The molecule has 4 rings (SSSR count). The van der Waals surface area contributed by atoms with Crippen molar-refractivity contribution in [3.05, 3.63) is 48.0 Å². The van der Waals surface area contributed by atoms with E-state index in [1.165, 1.54) is 14.2 Å². The maximum Gasteiger partial charge on any atom is 0.337 e. The Labute approximate surface area is 215 Å². The zero-order chi connectivity index (χ0) is 26.0. The van der Waals surface area contributed by atoms with Crippen molar-refractivity contribution in [3.8, 4) is 17.0 Å². The summed E-state index contributed by atoms with van der Waals surface area (Å²) >= 11 is 0.